The van der Waals surface area contributed by atoms with E-state index in [0.717, 1.165) is 30.7 Å². The smallest absolute Gasteiger partial charge is 0.292 e. The Balaban J connectivity index is 1.61. The van der Waals surface area contributed by atoms with Crippen LogP contribution in [0.4, 0.5) is 0 Å². The zero-order valence-corrected chi connectivity index (χ0v) is 12.0. The molecule has 0 N–H and O–H groups in total. The van der Waals surface area contributed by atoms with Gasteiger partial charge in [0.25, 0.3) is 5.91 Å². The third-order valence-electron chi connectivity index (χ3n) is 3.92. The van der Waals surface area contributed by atoms with E-state index in [0.29, 0.717) is 24.8 Å². The molecule has 6 heteroatoms. The van der Waals surface area contributed by atoms with E-state index in [1.807, 2.05) is 18.0 Å². The molecule has 0 saturated carbocycles. The number of nitrogens with zero attached hydrogens (tertiary/aromatic N) is 4. The Morgan fingerprint density at radius 1 is 1.38 bits per heavy atom. The van der Waals surface area contributed by atoms with Crippen LogP contribution in [0.15, 0.2) is 29.2 Å². The van der Waals surface area contributed by atoms with Crippen LogP contribution in [-0.2, 0) is 6.42 Å². The van der Waals surface area contributed by atoms with E-state index in [1.165, 1.54) is 0 Å². The van der Waals surface area contributed by atoms with Crippen LogP contribution in [0, 0.1) is 0 Å². The van der Waals surface area contributed by atoms with Gasteiger partial charge in [-0.3, -0.25) is 14.8 Å². The highest BCUT2D eigenvalue weighted by Gasteiger charge is 2.27. The summed E-state index contributed by atoms with van der Waals surface area (Å²) >= 11 is 0. The summed E-state index contributed by atoms with van der Waals surface area (Å²) < 4.78 is 5.12. The highest BCUT2D eigenvalue weighted by atomic mass is 16.5. The Kier molecular flexibility index (Phi) is 3.94. The molecule has 0 unspecified atom stereocenters. The molecule has 1 fully saturated rings. The molecule has 1 aliphatic rings. The van der Waals surface area contributed by atoms with Gasteiger partial charge >= 0.3 is 0 Å². The summed E-state index contributed by atoms with van der Waals surface area (Å²) in [5, 5.41) is 3.87. The number of aromatic nitrogens is 3. The lowest BCUT2D eigenvalue weighted by molar-refractivity contribution is 0.0670. The molecule has 0 aromatic carbocycles. The minimum atomic E-state index is -0.0696. The highest BCUT2D eigenvalue weighted by molar-refractivity contribution is 5.91. The second-order valence-corrected chi connectivity index (χ2v) is 5.23. The Labute approximate surface area is 123 Å². The fourth-order valence-corrected chi connectivity index (χ4v) is 2.63. The van der Waals surface area contributed by atoms with Crippen LogP contribution in [0.5, 0.6) is 0 Å². The van der Waals surface area contributed by atoms with Gasteiger partial charge < -0.3 is 9.42 Å². The third kappa shape index (κ3) is 2.94. The fraction of sp³-hybridized carbons (Fsp3) is 0.467. The summed E-state index contributed by atoms with van der Waals surface area (Å²) in [6.45, 7) is 3.41. The molecule has 0 radical (unpaired) electrons. The van der Waals surface area contributed by atoms with Crippen molar-refractivity contribution >= 4 is 5.91 Å². The first-order chi connectivity index (χ1) is 10.3. The Morgan fingerprint density at radius 2 is 2.19 bits per heavy atom. The zero-order valence-electron chi connectivity index (χ0n) is 12.0. The van der Waals surface area contributed by atoms with Crippen molar-refractivity contribution < 1.29 is 9.32 Å². The number of rotatable bonds is 3. The average molecular weight is 286 g/mol. The molecule has 1 aliphatic heterocycles. The normalized spacial score (nSPS) is 16.1. The second-order valence-electron chi connectivity index (χ2n) is 5.23. The van der Waals surface area contributed by atoms with Gasteiger partial charge in [-0.05, 0) is 19.3 Å². The molecule has 3 heterocycles. The lowest BCUT2D eigenvalue weighted by Crippen LogP contribution is -2.37. The van der Waals surface area contributed by atoms with Gasteiger partial charge in [-0.25, -0.2) is 0 Å². The van der Waals surface area contributed by atoms with Crippen molar-refractivity contribution in [1.29, 1.82) is 0 Å². The lowest BCUT2D eigenvalue weighted by Gasteiger charge is -2.30. The van der Waals surface area contributed by atoms with E-state index in [9.17, 15) is 4.79 Å². The van der Waals surface area contributed by atoms with Crippen molar-refractivity contribution in [2.45, 2.75) is 32.1 Å². The predicted octanol–water partition coefficient (Wildman–Crippen LogP) is 2.05. The Hall–Kier alpha value is -2.24. The van der Waals surface area contributed by atoms with Gasteiger partial charge in [0.1, 0.15) is 0 Å². The highest BCUT2D eigenvalue weighted by Crippen LogP contribution is 2.26. The summed E-state index contributed by atoms with van der Waals surface area (Å²) in [6, 6.07) is 1.73. The molecule has 0 aliphatic carbocycles. The first-order valence-electron chi connectivity index (χ1n) is 7.28. The molecule has 0 atom stereocenters. The molecule has 0 spiro atoms. The number of carbonyl (C=O) groups is 1. The number of piperidine rings is 1. The molecular weight excluding hydrogens is 268 g/mol. The van der Waals surface area contributed by atoms with Gasteiger partial charge in [0.2, 0.25) is 5.76 Å². The van der Waals surface area contributed by atoms with Gasteiger partial charge in [-0.1, -0.05) is 12.1 Å². The van der Waals surface area contributed by atoms with E-state index in [2.05, 4.69) is 15.1 Å². The number of hydrogen-bond donors (Lipinski definition) is 0. The second kappa shape index (κ2) is 6.03. The minimum Gasteiger partial charge on any atom is -0.351 e. The quantitative estimate of drug-likeness (QED) is 0.863. The summed E-state index contributed by atoms with van der Waals surface area (Å²) in [4.78, 5) is 22.6. The molecule has 1 saturated heterocycles. The number of aryl methyl sites for hydroxylation is 1. The maximum Gasteiger partial charge on any atom is 0.292 e. The van der Waals surface area contributed by atoms with Gasteiger partial charge in [0.15, 0.2) is 0 Å². The molecule has 21 heavy (non-hydrogen) atoms. The zero-order chi connectivity index (χ0) is 14.7. The Bertz CT molecular complexity index is 603. The van der Waals surface area contributed by atoms with Crippen LogP contribution in [0.3, 0.4) is 0 Å². The van der Waals surface area contributed by atoms with Crippen LogP contribution >= 0.6 is 0 Å². The molecule has 2 aromatic heterocycles. The SMILES string of the molecule is CCc1cc(C(=O)N2CCC(c3cnccn3)CC2)on1. The number of carbonyl (C=O) groups excluding carboxylic acids is 1. The Morgan fingerprint density at radius 3 is 2.81 bits per heavy atom. The summed E-state index contributed by atoms with van der Waals surface area (Å²) in [5.41, 5.74) is 1.82. The van der Waals surface area contributed by atoms with Crippen LogP contribution in [0.2, 0.25) is 0 Å². The van der Waals surface area contributed by atoms with Gasteiger partial charge in [0, 0.05) is 43.7 Å². The topological polar surface area (TPSA) is 72.1 Å². The number of amides is 1. The van der Waals surface area contributed by atoms with E-state index in [-0.39, 0.29) is 5.91 Å². The summed E-state index contributed by atoms with van der Waals surface area (Å²) in [6.07, 6.45) is 7.78. The van der Waals surface area contributed by atoms with Crippen LogP contribution in [0.1, 0.15) is 47.6 Å². The number of hydrogen-bond acceptors (Lipinski definition) is 5. The minimum absolute atomic E-state index is 0.0696. The van der Waals surface area contributed by atoms with E-state index >= 15 is 0 Å². The number of likely N-dealkylation sites (tertiary alicyclic amines) is 1. The summed E-state index contributed by atoms with van der Waals surface area (Å²) in [5.74, 6) is 0.647. The first-order valence-corrected chi connectivity index (χ1v) is 7.28. The van der Waals surface area contributed by atoms with Crippen LogP contribution in [-0.4, -0.2) is 39.0 Å². The van der Waals surface area contributed by atoms with Crippen molar-refractivity contribution in [1.82, 2.24) is 20.0 Å². The van der Waals surface area contributed by atoms with E-state index in [1.54, 1.807) is 18.5 Å². The third-order valence-corrected chi connectivity index (χ3v) is 3.92. The van der Waals surface area contributed by atoms with Crippen molar-refractivity contribution in [2.24, 2.45) is 0 Å². The maximum absolute atomic E-state index is 12.3. The molecule has 2 aromatic rings. The standard InChI is InChI=1S/C15H18N4O2/c1-2-12-9-14(21-18-12)15(20)19-7-3-11(4-8-19)13-10-16-5-6-17-13/h5-6,9-11H,2-4,7-8H2,1H3. The van der Waals surface area contributed by atoms with Crippen molar-refractivity contribution in [2.75, 3.05) is 13.1 Å². The molecule has 3 rings (SSSR count). The fourth-order valence-electron chi connectivity index (χ4n) is 2.63. The summed E-state index contributed by atoms with van der Waals surface area (Å²) in [7, 11) is 0. The molecule has 6 nitrogen and oxygen atoms in total. The predicted molar refractivity (Wildman–Crippen MR) is 75.8 cm³/mol. The molecule has 1 amide bonds. The van der Waals surface area contributed by atoms with Crippen molar-refractivity contribution in [3.63, 3.8) is 0 Å². The monoisotopic (exact) mass is 286 g/mol. The van der Waals surface area contributed by atoms with Crippen LogP contribution < -0.4 is 0 Å². The average Bonchev–Trinajstić information content (AvgIpc) is 3.04. The van der Waals surface area contributed by atoms with Gasteiger partial charge in [0.05, 0.1) is 11.4 Å². The van der Waals surface area contributed by atoms with Gasteiger partial charge in [-0.2, -0.15) is 0 Å². The van der Waals surface area contributed by atoms with Crippen molar-refractivity contribution in [3.8, 4) is 0 Å². The molecule has 110 valence electrons. The molecule has 0 bridgehead atoms. The first kappa shape index (κ1) is 13.7. The lowest BCUT2D eigenvalue weighted by atomic mass is 9.93. The van der Waals surface area contributed by atoms with E-state index < -0.39 is 0 Å². The van der Waals surface area contributed by atoms with Gasteiger partial charge in [-0.15, -0.1) is 0 Å². The van der Waals surface area contributed by atoms with E-state index in [4.69, 9.17) is 4.52 Å². The maximum atomic E-state index is 12.3. The van der Waals surface area contributed by atoms with Crippen molar-refractivity contribution in [3.05, 3.63) is 41.8 Å². The van der Waals surface area contributed by atoms with Crippen LogP contribution in [0.25, 0.3) is 0 Å². The molecular formula is C15H18N4O2. The largest absolute Gasteiger partial charge is 0.351 e.